The third-order valence-electron chi connectivity index (χ3n) is 9.22. The Morgan fingerprint density at radius 3 is 1.23 bits per heavy atom. The first-order valence-corrected chi connectivity index (χ1v) is 19.2. The predicted octanol–water partition coefficient (Wildman–Crippen LogP) is 10.1. The Balaban J connectivity index is 1.40. The molecule has 0 amide bonds. The summed E-state index contributed by atoms with van der Waals surface area (Å²) in [5.41, 5.74) is 9.04. The molecule has 0 saturated heterocycles. The van der Waals surface area contributed by atoms with E-state index in [0.717, 1.165) is 24.2 Å². The molecule has 0 aromatic heterocycles. The lowest BCUT2D eigenvalue weighted by Crippen LogP contribution is -2.47. The number of aryl methyl sites for hydroxylation is 2. The van der Waals surface area contributed by atoms with Gasteiger partial charge in [0.05, 0.1) is 11.4 Å². The summed E-state index contributed by atoms with van der Waals surface area (Å²) in [6.45, 7) is 4.53. The highest BCUT2D eigenvalue weighted by Gasteiger charge is 2.03. The SMILES string of the molecule is CCCCCCCCCCCCc1ccc(N/N=c2/c(=O)cc/c(=N\Nc3ccc(CCCCCCCCCCCC)cc3)c2=O)cc1. The van der Waals surface area contributed by atoms with E-state index in [1.807, 2.05) is 24.3 Å². The molecule has 0 unspecified atom stereocenters. The van der Waals surface area contributed by atoms with Crippen molar-refractivity contribution in [3.05, 3.63) is 103 Å². The summed E-state index contributed by atoms with van der Waals surface area (Å²) in [6, 6.07) is 19.0. The highest BCUT2D eigenvalue weighted by molar-refractivity contribution is 5.44. The van der Waals surface area contributed by atoms with E-state index < -0.39 is 10.9 Å². The minimum absolute atomic E-state index is 0.149. The van der Waals surface area contributed by atoms with E-state index in [9.17, 15) is 9.59 Å². The van der Waals surface area contributed by atoms with Gasteiger partial charge in [0.1, 0.15) is 5.36 Å². The third kappa shape index (κ3) is 16.0. The van der Waals surface area contributed by atoms with Crippen molar-refractivity contribution < 1.29 is 0 Å². The van der Waals surface area contributed by atoms with E-state index in [0.29, 0.717) is 0 Å². The molecule has 3 rings (SSSR count). The van der Waals surface area contributed by atoms with Crippen LogP contribution in [0.1, 0.15) is 153 Å². The Kier molecular flexibility index (Phi) is 19.9. The van der Waals surface area contributed by atoms with Gasteiger partial charge in [0.2, 0.25) is 10.9 Å². The quantitative estimate of drug-likeness (QED) is 0.0667. The molecule has 262 valence electrons. The molecular formula is C42H62N4O2. The molecule has 6 heteroatoms. The highest BCUT2D eigenvalue weighted by Crippen LogP contribution is 2.16. The Labute approximate surface area is 289 Å². The minimum Gasteiger partial charge on any atom is -0.287 e. The number of rotatable bonds is 26. The van der Waals surface area contributed by atoms with Crippen molar-refractivity contribution in [2.24, 2.45) is 10.2 Å². The molecule has 48 heavy (non-hydrogen) atoms. The molecule has 6 nitrogen and oxygen atoms in total. The van der Waals surface area contributed by atoms with Crippen LogP contribution in [0.15, 0.2) is 80.5 Å². The summed E-state index contributed by atoms with van der Waals surface area (Å²) in [7, 11) is 0. The Morgan fingerprint density at radius 2 is 0.812 bits per heavy atom. The molecule has 0 aliphatic carbocycles. The van der Waals surface area contributed by atoms with Crippen LogP contribution >= 0.6 is 0 Å². The number of nitrogens with one attached hydrogen (secondary N) is 2. The van der Waals surface area contributed by atoms with Crippen LogP contribution in [0.2, 0.25) is 0 Å². The van der Waals surface area contributed by atoms with Gasteiger partial charge in [-0.05, 0) is 73.2 Å². The fraction of sp³-hybridized carbons (Fsp3) is 0.571. The summed E-state index contributed by atoms with van der Waals surface area (Å²) in [6.07, 6.45) is 28.8. The van der Waals surface area contributed by atoms with E-state index in [-0.39, 0.29) is 10.7 Å². The van der Waals surface area contributed by atoms with Crippen LogP contribution in [0.25, 0.3) is 0 Å². The second-order valence-electron chi connectivity index (χ2n) is 13.5. The first-order chi connectivity index (χ1) is 23.6. The molecule has 0 atom stereocenters. The van der Waals surface area contributed by atoms with Crippen LogP contribution in [0.5, 0.6) is 0 Å². The summed E-state index contributed by atoms with van der Waals surface area (Å²) in [5.74, 6) is 0. The smallest absolute Gasteiger partial charge is 0.237 e. The number of anilines is 2. The van der Waals surface area contributed by atoms with Crippen molar-refractivity contribution in [1.82, 2.24) is 0 Å². The molecule has 0 radical (unpaired) electrons. The summed E-state index contributed by atoms with van der Waals surface area (Å²) in [4.78, 5) is 25.5. The molecule has 0 heterocycles. The zero-order chi connectivity index (χ0) is 34.1. The van der Waals surface area contributed by atoms with Gasteiger partial charge in [-0.1, -0.05) is 154 Å². The molecular weight excluding hydrogens is 592 g/mol. The zero-order valence-corrected chi connectivity index (χ0v) is 30.0. The average Bonchev–Trinajstić information content (AvgIpc) is 3.10. The van der Waals surface area contributed by atoms with E-state index in [4.69, 9.17) is 0 Å². The first kappa shape index (κ1) is 38.9. The van der Waals surface area contributed by atoms with Crippen molar-refractivity contribution in [3.8, 4) is 0 Å². The molecule has 2 N–H and O–H groups in total. The third-order valence-corrected chi connectivity index (χ3v) is 9.22. The van der Waals surface area contributed by atoms with Crippen LogP contribution in [-0.2, 0) is 12.8 Å². The second kappa shape index (κ2) is 24.6. The standard InChI is InChI=1S/C42H62N4O2/c1-3-5-7-9-11-13-15-17-19-21-23-35-25-29-37(30-26-35)43-45-39-33-34-40(47)41(42(39)48)46-44-38-31-27-36(28-32-38)24-22-20-18-16-14-12-10-8-6-4-2/h25-34,43-44H,3-24H2,1-2H3/b45-39+,46-41-. The van der Waals surface area contributed by atoms with Crippen LogP contribution in [0, 0.1) is 0 Å². The normalized spacial score (nSPS) is 12.1. The maximum atomic E-state index is 13.0. The van der Waals surface area contributed by atoms with Crippen molar-refractivity contribution in [2.75, 3.05) is 10.9 Å². The highest BCUT2D eigenvalue weighted by atomic mass is 16.1. The van der Waals surface area contributed by atoms with Gasteiger partial charge in [0.15, 0.2) is 5.36 Å². The van der Waals surface area contributed by atoms with Gasteiger partial charge in [-0.2, -0.15) is 10.2 Å². The van der Waals surface area contributed by atoms with E-state index in [1.54, 1.807) is 0 Å². The Hall–Kier alpha value is -3.54. The Morgan fingerprint density at radius 1 is 0.438 bits per heavy atom. The lowest BCUT2D eigenvalue weighted by molar-refractivity contribution is 0.556. The fourth-order valence-electron chi connectivity index (χ4n) is 6.11. The second-order valence-corrected chi connectivity index (χ2v) is 13.5. The maximum absolute atomic E-state index is 13.0. The molecule has 0 spiro atoms. The number of unbranched alkanes of at least 4 members (excludes halogenated alkanes) is 18. The monoisotopic (exact) mass is 654 g/mol. The van der Waals surface area contributed by atoms with Crippen molar-refractivity contribution in [2.45, 2.75) is 155 Å². The average molecular weight is 655 g/mol. The molecule has 0 bridgehead atoms. The summed E-state index contributed by atoms with van der Waals surface area (Å²) < 4.78 is 0. The van der Waals surface area contributed by atoms with Gasteiger partial charge in [-0.15, -0.1) is 0 Å². The summed E-state index contributed by atoms with van der Waals surface area (Å²) >= 11 is 0. The molecule has 3 aromatic rings. The summed E-state index contributed by atoms with van der Waals surface area (Å²) in [5, 5.41) is 8.42. The number of nitrogens with zero attached hydrogens (tertiary/aromatic N) is 2. The molecule has 0 aliphatic heterocycles. The van der Waals surface area contributed by atoms with E-state index in [1.165, 1.54) is 152 Å². The van der Waals surface area contributed by atoms with Crippen LogP contribution < -0.4 is 32.4 Å². The fourth-order valence-corrected chi connectivity index (χ4v) is 6.11. The zero-order valence-electron chi connectivity index (χ0n) is 30.0. The number of benzene rings is 3. The van der Waals surface area contributed by atoms with Gasteiger partial charge in [0.25, 0.3) is 0 Å². The molecule has 0 aliphatic rings. The van der Waals surface area contributed by atoms with E-state index >= 15 is 0 Å². The number of hydrogen-bond donors (Lipinski definition) is 2. The maximum Gasteiger partial charge on any atom is 0.237 e. The lowest BCUT2D eigenvalue weighted by atomic mass is 10.0. The Bertz CT molecular complexity index is 1490. The topological polar surface area (TPSA) is 82.9 Å². The van der Waals surface area contributed by atoms with Crippen LogP contribution in [0.3, 0.4) is 0 Å². The van der Waals surface area contributed by atoms with Crippen molar-refractivity contribution >= 4 is 11.4 Å². The van der Waals surface area contributed by atoms with E-state index in [2.05, 4.69) is 59.2 Å². The minimum atomic E-state index is -0.502. The van der Waals surface area contributed by atoms with Gasteiger partial charge < -0.3 is 0 Å². The van der Waals surface area contributed by atoms with Gasteiger partial charge >= 0.3 is 0 Å². The molecule has 3 aromatic carbocycles. The van der Waals surface area contributed by atoms with Gasteiger partial charge in [0, 0.05) is 0 Å². The largest absolute Gasteiger partial charge is 0.287 e. The van der Waals surface area contributed by atoms with Crippen molar-refractivity contribution in [3.63, 3.8) is 0 Å². The van der Waals surface area contributed by atoms with Crippen molar-refractivity contribution in [1.29, 1.82) is 0 Å². The van der Waals surface area contributed by atoms with Crippen LogP contribution in [-0.4, -0.2) is 0 Å². The molecule has 0 saturated carbocycles. The molecule has 0 fully saturated rings. The van der Waals surface area contributed by atoms with Gasteiger partial charge in [-0.3, -0.25) is 20.4 Å². The predicted molar refractivity (Wildman–Crippen MR) is 204 cm³/mol. The van der Waals surface area contributed by atoms with Gasteiger partial charge in [-0.25, -0.2) is 0 Å². The lowest BCUT2D eigenvalue weighted by Gasteiger charge is -2.05. The van der Waals surface area contributed by atoms with Crippen LogP contribution in [0.4, 0.5) is 11.4 Å². The first-order valence-electron chi connectivity index (χ1n) is 19.2. The number of hydrogen-bond acceptors (Lipinski definition) is 6.